The molecular weight excluding hydrogens is 306 g/mol. The summed E-state index contributed by atoms with van der Waals surface area (Å²) in [7, 11) is 0. The smallest absolute Gasteiger partial charge is 0.186 e. The van der Waals surface area contributed by atoms with Gasteiger partial charge in [0.1, 0.15) is 0 Å². The normalized spacial score (nSPS) is 11.0. The molecule has 0 saturated heterocycles. The summed E-state index contributed by atoms with van der Waals surface area (Å²) in [4.78, 5) is 0. The van der Waals surface area contributed by atoms with E-state index in [-0.39, 0.29) is 0 Å². The van der Waals surface area contributed by atoms with Crippen LogP contribution in [0.4, 0.5) is 0 Å². The molecule has 1 aromatic heterocycles. The molecule has 1 heterocycles. The summed E-state index contributed by atoms with van der Waals surface area (Å²) in [6, 6.07) is 8.51. The highest BCUT2D eigenvalue weighted by molar-refractivity contribution is 7.80. The van der Waals surface area contributed by atoms with Crippen molar-refractivity contribution >= 4 is 23.5 Å². The zero-order valence-corrected chi connectivity index (χ0v) is 14.9. The van der Waals surface area contributed by atoms with Gasteiger partial charge in [0.2, 0.25) is 0 Å². The summed E-state index contributed by atoms with van der Waals surface area (Å²) >= 11 is 5.08. The van der Waals surface area contributed by atoms with Crippen LogP contribution in [0.25, 0.3) is 0 Å². The number of hydrazone groups is 1. The molecule has 0 unspecified atom stereocenters. The van der Waals surface area contributed by atoms with E-state index in [2.05, 4.69) is 59.1 Å². The van der Waals surface area contributed by atoms with Crippen LogP contribution in [0.1, 0.15) is 35.0 Å². The van der Waals surface area contributed by atoms with Crippen LogP contribution in [-0.2, 0) is 6.54 Å². The van der Waals surface area contributed by atoms with Crippen molar-refractivity contribution in [1.82, 2.24) is 20.5 Å². The van der Waals surface area contributed by atoms with Crippen molar-refractivity contribution in [3.8, 4) is 0 Å². The van der Waals surface area contributed by atoms with Gasteiger partial charge in [-0.05, 0) is 45.5 Å². The second-order valence-electron chi connectivity index (χ2n) is 5.46. The summed E-state index contributed by atoms with van der Waals surface area (Å²) in [5.41, 5.74) is 8.36. The van der Waals surface area contributed by atoms with Crippen LogP contribution in [0.15, 0.2) is 29.4 Å². The van der Waals surface area contributed by atoms with E-state index < -0.39 is 0 Å². The monoisotopic (exact) mass is 329 g/mol. The minimum atomic E-state index is 0.520. The Morgan fingerprint density at radius 1 is 1.26 bits per heavy atom. The Balaban J connectivity index is 2.11. The summed E-state index contributed by atoms with van der Waals surface area (Å²) in [6.45, 7) is 9.65. The third kappa shape index (κ3) is 4.63. The van der Waals surface area contributed by atoms with Crippen LogP contribution < -0.4 is 10.7 Å². The minimum absolute atomic E-state index is 0.520. The Morgan fingerprint density at radius 3 is 2.61 bits per heavy atom. The van der Waals surface area contributed by atoms with Gasteiger partial charge in [0.05, 0.1) is 18.5 Å². The predicted molar refractivity (Wildman–Crippen MR) is 99.0 cm³/mol. The molecule has 122 valence electrons. The number of rotatable bonds is 5. The predicted octanol–water partition coefficient (Wildman–Crippen LogP) is 2.67. The molecule has 0 fully saturated rings. The molecule has 0 saturated carbocycles. The van der Waals surface area contributed by atoms with Crippen LogP contribution in [0.3, 0.4) is 0 Å². The lowest BCUT2D eigenvalue weighted by atomic mass is 10.1. The first-order valence-electron chi connectivity index (χ1n) is 7.67. The number of hydrogen-bond acceptors (Lipinski definition) is 3. The molecule has 0 aliphatic rings. The van der Waals surface area contributed by atoms with Crippen LogP contribution in [-0.4, -0.2) is 27.7 Å². The maximum absolute atomic E-state index is 5.08. The highest BCUT2D eigenvalue weighted by Crippen LogP contribution is 2.13. The Kier molecular flexibility index (Phi) is 5.87. The highest BCUT2D eigenvalue weighted by atomic mass is 32.1. The third-order valence-corrected chi connectivity index (χ3v) is 3.82. The summed E-state index contributed by atoms with van der Waals surface area (Å²) in [5.74, 6) is 0. The molecule has 0 amide bonds. The molecule has 0 atom stereocenters. The second kappa shape index (κ2) is 7.87. The van der Waals surface area contributed by atoms with Gasteiger partial charge in [-0.1, -0.05) is 29.8 Å². The van der Waals surface area contributed by atoms with E-state index in [9.17, 15) is 0 Å². The zero-order valence-electron chi connectivity index (χ0n) is 14.1. The summed E-state index contributed by atoms with van der Waals surface area (Å²) in [5, 5.41) is 12.3. The van der Waals surface area contributed by atoms with Gasteiger partial charge in [-0.2, -0.15) is 10.2 Å². The molecule has 0 aliphatic heterocycles. The number of aryl methyl sites for hydroxylation is 2. The van der Waals surface area contributed by atoms with Crippen LogP contribution in [0, 0.1) is 20.8 Å². The topological polar surface area (TPSA) is 54.2 Å². The molecule has 5 nitrogen and oxygen atoms in total. The van der Waals surface area contributed by atoms with Crippen molar-refractivity contribution in [3.05, 3.63) is 52.3 Å². The van der Waals surface area contributed by atoms with E-state index in [1.165, 1.54) is 11.1 Å². The van der Waals surface area contributed by atoms with Crippen molar-refractivity contribution in [2.45, 2.75) is 34.2 Å². The van der Waals surface area contributed by atoms with Crippen LogP contribution in [0.2, 0.25) is 0 Å². The summed E-state index contributed by atoms with van der Waals surface area (Å²) < 4.78 is 2.00. The first kappa shape index (κ1) is 17.1. The van der Waals surface area contributed by atoms with Crippen molar-refractivity contribution in [3.63, 3.8) is 0 Å². The zero-order chi connectivity index (χ0) is 16.8. The number of nitrogens with one attached hydrogen (secondary N) is 2. The van der Waals surface area contributed by atoms with E-state index in [1.807, 2.05) is 18.5 Å². The average Bonchev–Trinajstić information content (AvgIpc) is 2.77. The lowest BCUT2D eigenvalue weighted by Gasteiger charge is -2.05. The Bertz CT molecular complexity index is 701. The molecule has 0 aliphatic carbocycles. The first-order valence-corrected chi connectivity index (χ1v) is 8.08. The van der Waals surface area contributed by atoms with Crippen molar-refractivity contribution in [1.29, 1.82) is 0 Å². The molecule has 1 aromatic carbocycles. The largest absolute Gasteiger partial charge is 0.362 e. The molecule has 23 heavy (non-hydrogen) atoms. The van der Waals surface area contributed by atoms with Gasteiger partial charge >= 0.3 is 0 Å². The number of nitrogens with zero attached hydrogens (tertiary/aromatic N) is 3. The Hall–Kier alpha value is -2.21. The van der Waals surface area contributed by atoms with E-state index in [0.29, 0.717) is 5.11 Å². The van der Waals surface area contributed by atoms with E-state index in [0.717, 1.165) is 30.0 Å². The van der Waals surface area contributed by atoms with Gasteiger partial charge in [-0.15, -0.1) is 0 Å². The SMILES string of the molecule is CCNC(=S)NN=Cc1c(C)nn(Cc2ccc(C)cc2)c1C. The minimum Gasteiger partial charge on any atom is -0.362 e. The van der Waals surface area contributed by atoms with Gasteiger partial charge < -0.3 is 5.32 Å². The molecule has 6 heteroatoms. The van der Waals surface area contributed by atoms with E-state index in [4.69, 9.17) is 12.2 Å². The lowest BCUT2D eigenvalue weighted by Crippen LogP contribution is -2.31. The molecule has 2 N–H and O–H groups in total. The average molecular weight is 329 g/mol. The maximum atomic E-state index is 5.08. The lowest BCUT2D eigenvalue weighted by molar-refractivity contribution is 0.659. The summed E-state index contributed by atoms with van der Waals surface area (Å²) in [6.07, 6.45) is 1.77. The molecule has 2 aromatic rings. The Labute approximate surface area is 142 Å². The molecule has 2 rings (SSSR count). The van der Waals surface area contributed by atoms with Crippen molar-refractivity contribution < 1.29 is 0 Å². The standard InChI is InChI=1S/C17H23N5S/c1-5-18-17(23)20-19-10-16-13(3)21-22(14(16)4)11-15-8-6-12(2)7-9-15/h6-10H,5,11H2,1-4H3,(H2,18,20,23). The van der Waals surface area contributed by atoms with Gasteiger partial charge in [0.25, 0.3) is 0 Å². The van der Waals surface area contributed by atoms with Gasteiger partial charge in [0, 0.05) is 17.8 Å². The quantitative estimate of drug-likeness (QED) is 0.503. The fourth-order valence-corrected chi connectivity index (χ4v) is 2.47. The van der Waals surface area contributed by atoms with Gasteiger partial charge in [0.15, 0.2) is 5.11 Å². The number of benzene rings is 1. The van der Waals surface area contributed by atoms with Crippen LogP contribution in [0.5, 0.6) is 0 Å². The van der Waals surface area contributed by atoms with E-state index >= 15 is 0 Å². The van der Waals surface area contributed by atoms with Gasteiger partial charge in [-0.25, -0.2) is 0 Å². The molecule has 0 spiro atoms. The molecule has 0 bridgehead atoms. The maximum Gasteiger partial charge on any atom is 0.186 e. The van der Waals surface area contributed by atoms with Crippen molar-refractivity contribution in [2.24, 2.45) is 5.10 Å². The number of aromatic nitrogens is 2. The van der Waals surface area contributed by atoms with E-state index in [1.54, 1.807) is 6.21 Å². The van der Waals surface area contributed by atoms with Crippen molar-refractivity contribution in [2.75, 3.05) is 6.54 Å². The fourth-order valence-electron chi connectivity index (χ4n) is 2.27. The number of hydrogen-bond donors (Lipinski definition) is 2. The molecular formula is C17H23N5S. The Morgan fingerprint density at radius 2 is 1.96 bits per heavy atom. The first-order chi connectivity index (χ1) is 11.0. The highest BCUT2D eigenvalue weighted by Gasteiger charge is 2.10. The second-order valence-corrected chi connectivity index (χ2v) is 5.87. The fraction of sp³-hybridized carbons (Fsp3) is 0.353. The number of thiocarbonyl (C=S) groups is 1. The third-order valence-electron chi connectivity index (χ3n) is 3.59. The van der Waals surface area contributed by atoms with Gasteiger partial charge in [-0.3, -0.25) is 10.1 Å². The van der Waals surface area contributed by atoms with Crippen LogP contribution >= 0.6 is 12.2 Å². The molecule has 0 radical (unpaired) electrons.